The van der Waals surface area contributed by atoms with Gasteiger partial charge in [-0.25, -0.2) is 0 Å². The fraction of sp³-hybridized carbons (Fsp3) is 0.657. The normalized spacial score (nSPS) is 16.9. The van der Waals surface area contributed by atoms with Crippen LogP contribution >= 0.6 is 0 Å². The minimum absolute atomic E-state index is 0.122. The lowest BCUT2D eigenvalue weighted by Gasteiger charge is -2.34. The van der Waals surface area contributed by atoms with Crippen LogP contribution in [0.1, 0.15) is 142 Å². The maximum atomic E-state index is 11.3. The number of rotatable bonds is 4. The van der Waals surface area contributed by atoms with Crippen LogP contribution in [0, 0.1) is 5.41 Å². The largest absolute Gasteiger partial charge is 0.507 e. The van der Waals surface area contributed by atoms with E-state index in [1.165, 1.54) is 36.8 Å². The van der Waals surface area contributed by atoms with E-state index in [0.717, 1.165) is 35.1 Å². The molecule has 2 aromatic carbocycles. The molecule has 0 heterocycles. The standard InChI is InChI=1S/C35H54O2/c1-31(2,3)25-17-23(18-26(29(25)36)32(4,5)6)21-35(15-13-14-16-35)22-24-19-27(33(7,8)9)30(37)28(20-24)34(10,11)12/h17-20,36-37H,13-16,21-22H2,1-12H3. The summed E-state index contributed by atoms with van der Waals surface area (Å²) >= 11 is 0. The third-order valence-corrected chi connectivity index (χ3v) is 8.39. The SMILES string of the molecule is CC(C)(C)c1cc(CC2(Cc3cc(C(C)(C)C)c(O)c(C(C)(C)C)c3)CCCC2)cc(C(C)(C)C)c1O. The molecule has 0 aliphatic heterocycles. The highest BCUT2D eigenvalue weighted by Gasteiger charge is 2.37. The van der Waals surface area contributed by atoms with Gasteiger partial charge in [-0.2, -0.15) is 0 Å². The van der Waals surface area contributed by atoms with E-state index in [-0.39, 0.29) is 27.1 Å². The van der Waals surface area contributed by atoms with Gasteiger partial charge in [0.15, 0.2) is 0 Å². The molecule has 206 valence electrons. The van der Waals surface area contributed by atoms with E-state index in [9.17, 15) is 10.2 Å². The number of benzene rings is 2. The molecule has 0 spiro atoms. The van der Waals surface area contributed by atoms with Crippen molar-refractivity contribution in [2.75, 3.05) is 0 Å². The van der Waals surface area contributed by atoms with Gasteiger partial charge in [0.05, 0.1) is 0 Å². The number of aromatic hydroxyl groups is 2. The van der Waals surface area contributed by atoms with Crippen molar-refractivity contribution in [1.29, 1.82) is 0 Å². The lowest BCUT2D eigenvalue weighted by atomic mass is 9.71. The summed E-state index contributed by atoms with van der Waals surface area (Å²) in [6.45, 7) is 26.4. The van der Waals surface area contributed by atoms with Crippen LogP contribution in [0.25, 0.3) is 0 Å². The van der Waals surface area contributed by atoms with Crippen molar-refractivity contribution in [2.45, 2.75) is 143 Å². The predicted molar refractivity (Wildman–Crippen MR) is 159 cm³/mol. The van der Waals surface area contributed by atoms with Crippen molar-refractivity contribution in [3.63, 3.8) is 0 Å². The molecule has 1 fully saturated rings. The van der Waals surface area contributed by atoms with Gasteiger partial charge in [0.25, 0.3) is 0 Å². The summed E-state index contributed by atoms with van der Waals surface area (Å²) in [5, 5.41) is 22.5. The van der Waals surface area contributed by atoms with E-state index < -0.39 is 0 Å². The zero-order chi connectivity index (χ0) is 28.2. The summed E-state index contributed by atoms with van der Waals surface area (Å²) < 4.78 is 0. The topological polar surface area (TPSA) is 40.5 Å². The molecule has 3 rings (SSSR count). The van der Waals surface area contributed by atoms with Crippen LogP contribution in [0.5, 0.6) is 11.5 Å². The Morgan fingerprint density at radius 3 is 0.973 bits per heavy atom. The Labute approximate surface area is 227 Å². The first kappa shape index (κ1) is 29.6. The van der Waals surface area contributed by atoms with Crippen molar-refractivity contribution in [2.24, 2.45) is 5.41 Å². The van der Waals surface area contributed by atoms with Crippen LogP contribution in [-0.4, -0.2) is 10.2 Å². The Bertz CT molecular complexity index is 962. The molecule has 2 N–H and O–H groups in total. The van der Waals surface area contributed by atoms with Crippen molar-refractivity contribution in [1.82, 2.24) is 0 Å². The predicted octanol–water partition coefficient (Wildman–Crippen LogP) is 9.63. The summed E-state index contributed by atoms with van der Waals surface area (Å²) in [5.41, 5.74) is 6.62. The van der Waals surface area contributed by atoms with Gasteiger partial charge in [-0.15, -0.1) is 0 Å². The van der Waals surface area contributed by atoms with Crippen molar-refractivity contribution >= 4 is 0 Å². The smallest absolute Gasteiger partial charge is 0.123 e. The molecule has 37 heavy (non-hydrogen) atoms. The van der Waals surface area contributed by atoms with Gasteiger partial charge >= 0.3 is 0 Å². The fourth-order valence-corrected chi connectivity index (χ4v) is 6.29. The van der Waals surface area contributed by atoms with Gasteiger partial charge in [-0.3, -0.25) is 0 Å². The summed E-state index contributed by atoms with van der Waals surface area (Å²) in [6.07, 6.45) is 7.03. The van der Waals surface area contributed by atoms with E-state index in [4.69, 9.17) is 0 Å². The Balaban J connectivity index is 2.12. The third-order valence-electron chi connectivity index (χ3n) is 8.39. The molecule has 0 amide bonds. The molecule has 1 aliphatic carbocycles. The van der Waals surface area contributed by atoms with Crippen LogP contribution < -0.4 is 0 Å². The fourth-order valence-electron chi connectivity index (χ4n) is 6.29. The van der Waals surface area contributed by atoms with Gasteiger partial charge < -0.3 is 10.2 Å². The van der Waals surface area contributed by atoms with Crippen LogP contribution in [0.3, 0.4) is 0 Å². The summed E-state index contributed by atoms with van der Waals surface area (Å²) in [5.74, 6) is 0.930. The highest BCUT2D eigenvalue weighted by atomic mass is 16.3. The molecule has 0 radical (unpaired) electrons. The molecule has 2 aromatic rings. The number of phenolic OH excluding ortho intramolecular Hbond substituents is 2. The lowest BCUT2D eigenvalue weighted by molar-refractivity contribution is 0.290. The lowest BCUT2D eigenvalue weighted by Crippen LogP contribution is -2.25. The molecule has 1 aliphatic rings. The van der Waals surface area contributed by atoms with Crippen molar-refractivity contribution < 1.29 is 10.2 Å². The Hall–Kier alpha value is -1.96. The maximum absolute atomic E-state index is 11.3. The quantitative estimate of drug-likeness (QED) is 0.433. The van der Waals surface area contributed by atoms with Gasteiger partial charge in [0.1, 0.15) is 11.5 Å². The first-order chi connectivity index (χ1) is 16.6. The molecule has 0 aromatic heterocycles. The van der Waals surface area contributed by atoms with Crippen molar-refractivity contribution in [3.05, 3.63) is 57.6 Å². The molecule has 1 saturated carbocycles. The average molecular weight is 507 g/mol. The second-order valence-corrected chi connectivity index (χ2v) is 16.1. The first-order valence-corrected chi connectivity index (χ1v) is 14.4. The van der Waals surface area contributed by atoms with Gasteiger partial charge in [0, 0.05) is 0 Å². The first-order valence-electron chi connectivity index (χ1n) is 14.4. The van der Waals surface area contributed by atoms with E-state index in [1.54, 1.807) is 0 Å². The molecule has 0 unspecified atom stereocenters. The maximum Gasteiger partial charge on any atom is 0.123 e. The summed E-state index contributed by atoms with van der Waals surface area (Å²) in [4.78, 5) is 0. The van der Waals surface area contributed by atoms with Crippen LogP contribution in [0.15, 0.2) is 24.3 Å². The van der Waals surface area contributed by atoms with Crippen molar-refractivity contribution in [3.8, 4) is 11.5 Å². The molecule has 0 atom stereocenters. The monoisotopic (exact) mass is 506 g/mol. The van der Waals surface area contributed by atoms with Crippen LogP contribution in [0.4, 0.5) is 0 Å². The molecular formula is C35H54O2. The molecule has 0 bridgehead atoms. The highest BCUT2D eigenvalue weighted by Crippen LogP contribution is 2.48. The van der Waals surface area contributed by atoms with Crippen LogP contribution in [0.2, 0.25) is 0 Å². The number of hydrogen-bond acceptors (Lipinski definition) is 2. The second kappa shape index (κ2) is 9.65. The summed E-state index contributed by atoms with van der Waals surface area (Å²) in [6, 6.07) is 9.12. The molecular weight excluding hydrogens is 452 g/mol. The number of phenols is 2. The zero-order valence-corrected chi connectivity index (χ0v) is 25.9. The Morgan fingerprint density at radius 1 is 0.514 bits per heavy atom. The Kier molecular flexibility index (Phi) is 7.72. The highest BCUT2D eigenvalue weighted by molar-refractivity contribution is 5.51. The Morgan fingerprint density at radius 2 is 0.757 bits per heavy atom. The van der Waals surface area contributed by atoms with Gasteiger partial charge in [0.2, 0.25) is 0 Å². The van der Waals surface area contributed by atoms with E-state index in [2.05, 4.69) is 107 Å². The summed E-state index contributed by atoms with van der Waals surface area (Å²) in [7, 11) is 0. The molecule has 2 nitrogen and oxygen atoms in total. The minimum atomic E-state index is -0.122. The van der Waals surface area contributed by atoms with Gasteiger partial charge in [-0.05, 0) is 86.1 Å². The van der Waals surface area contributed by atoms with E-state index >= 15 is 0 Å². The third kappa shape index (κ3) is 6.55. The second-order valence-electron chi connectivity index (χ2n) is 16.1. The molecule has 2 heteroatoms. The minimum Gasteiger partial charge on any atom is -0.507 e. The van der Waals surface area contributed by atoms with E-state index in [1.807, 2.05) is 0 Å². The number of hydrogen-bond donors (Lipinski definition) is 2. The van der Waals surface area contributed by atoms with Crippen LogP contribution in [-0.2, 0) is 34.5 Å². The van der Waals surface area contributed by atoms with Gasteiger partial charge in [-0.1, -0.05) is 120 Å². The average Bonchev–Trinajstić information content (AvgIpc) is 3.15. The molecule has 0 saturated heterocycles. The zero-order valence-electron chi connectivity index (χ0n) is 25.9. The van der Waals surface area contributed by atoms with E-state index in [0.29, 0.717) is 11.5 Å².